The van der Waals surface area contributed by atoms with Crippen LogP contribution in [0.15, 0.2) is 48.5 Å². The highest BCUT2D eigenvalue weighted by atomic mass is 35.5. The molecule has 1 atom stereocenters. The van der Waals surface area contributed by atoms with Gasteiger partial charge in [-0.15, -0.1) is 0 Å². The highest BCUT2D eigenvalue weighted by Gasteiger charge is 2.38. The van der Waals surface area contributed by atoms with Gasteiger partial charge < -0.3 is 15.1 Å². The molecule has 2 N–H and O–H groups in total. The van der Waals surface area contributed by atoms with E-state index in [0.29, 0.717) is 19.6 Å². The Morgan fingerprint density at radius 2 is 1.70 bits per heavy atom. The van der Waals surface area contributed by atoms with Crippen LogP contribution in [0.1, 0.15) is 35.6 Å². The predicted octanol–water partition coefficient (Wildman–Crippen LogP) is 4.38. The van der Waals surface area contributed by atoms with Crippen LogP contribution in [0.4, 0.5) is 13.2 Å². The second-order valence-corrected chi connectivity index (χ2v) is 7.36. The molecule has 1 aliphatic heterocycles. The number of hydrogen-bond donors (Lipinski definition) is 2. The van der Waals surface area contributed by atoms with Gasteiger partial charge in [0.15, 0.2) is 0 Å². The molecule has 0 aliphatic carbocycles. The first kappa shape index (κ1) is 20.1. The number of aliphatic hydroxyl groups is 2. The molecule has 1 saturated heterocycles. The summed E-state index contributed by atoms with van der Waals surface area (Å²) in [7, 11) is 0. The molecule has 27 heavy (non-hydrogen) atoms. The SMILES string of the molecule is OC(CN1CCC(O)(c2ccc(Cl)c(C(F)(F)F)c2)CC1)c1ccccc1. The average molecular weight is 400 g/mol. The zero-order valence-electron chi connectivity index (χ0n) is 14.6. The van der Waals surface area contributed by atoms with Crippen LogP contribution in [0.2, 0.25) is 5.02 Å². The van der Waals surface area contributed by atoms with E-state index in [0.717, 1.165) is 11.6 Å². The van der Waals surface area contributed by atoms with Crippen molar-refractivity contribution in [2.24, 2.45) is 0 Å². The van der Waals surface area contributed by atoms with E-state index in [-0.39, 0.29) is 23.4 Å². The Morgan fingerprint density at radius 3 is 2.30 bits per heavy atom. The van der Waals surface area contributed by atoms with E-state index >= 15 is 0 Å². The van der Waals surface area contributed by atoms with Gasteiger partial charge in [-0.2, -0.15) is 13.2 Å². The van der Waals surface area contributed by atoms with Crippen LogP contribution in [0, 0.1) is 0 Å². The Bertz CT molecular complexity index is 775. The van der Waals surface area contributed by atoms with Crippen molar-refractivity contribution in [3.8, 4) is 0 Å². The molecule has 2 aromatic carbocycles. The molecule has 146 valence electrons. The van der Waals surface area contributed by atoms with E-state index in [2.05, 4.69) is 0 Å². The number of hydrogen-bond acceptors (Lipinski definition) is 3. The second-order valence-electron chi connectivity index (χ2n) is 6.95. The molecule has 1 aliphatic rings. The van der Waals surface area contributed by atoms with E-state index in [1.54, 1.807) is 0 Å². The molecule has 1 heterocycles. The summed E-state index contributed by atoms with van der Waals surface area (Å²) < 4.78 is 39.3. The second kappa shape index (κ2) is 7.80. The minimum absolute atomic E-state index is 0.225. The molecule has 3 rings (SSSR count). The Morgan fingerprint density at radius 1 is 1.07 bits per heavy atom. The van der Waals surface area contributed by atoms with Crippen molar-refractivity contribution in [2.75, 3.05) is 19.6 Å². The van der Waals surface area contributed by atoms with Gasteiger partial charge >= 0.3 is 6.18 Å². The molecular formula is C20H21ClF3NO2. The Hall–Kier alpha value is -1.60. The fraction of sp³-hybridized carbons (Fsp3) is 0.400. The number of alkyl halides is 3. The van der Waals surface area contributed by atoms with Crippen molar-refractivity contribution in [2.45, 2.75) is 30.7 Å². The summed E-state index contributed by atoms with van der Waals surface area (Å²) in [5, 5.41) is 20.8. The summed E-state index contributed by atoms with van der Waals surface area (Å²) in [6.07, 6.45) is -4.64. The first-order chi connectivity index (χ1) is 12.7. The van der Waals surface area contributed by atoms with Crippen LogP contribution in [-0.2, 0) is 11.8 Å². The molecule has 7 heteroatoms. The highest BCUT2D eigenvalue weighted by molar-refractivity contribution is 6.31. The van der Waals surface area contributed by atoms with Gasteiger partial charge in [0, 0.05) is 19.6 Å². The lowest BCUT2D eigenvalue weighted by Crippen LogP contribution is -2.44. The van der Waals surface area contributed by atoms with E-state index in [4.69, 9.17) is 11.6 Å². The van der Waals surface area contributed by atoms with E-state index in [9.17, 15) is 23.4 Å². The van der Waals surface area contributed by atoms with Crippen molar-refractivity contribution in [1.29, 1.82) is 0 Å². The number of nitrogens with zero attached hydrogens (tertiary/aromatic N) is 1. The smallest absolute Gasteiger partial charge is 0.387 e. The first-order valence-corrected chi connectivity index (χ1v) is 9.12. The fourth-order valence-corrected chi connectivity index (χ4v) is 3.68. The maximum atomic E-state index is 13.1. The topological polar surface area (TPSA) is 43.7 Å². The van der Waals surface area contributed by atoms with Crippen LogP contribution in [0.5, 0.6) is 0 Å². The lowest BCUT2D eigenvalue weighted by molar-refractivity contribution is -0.137. The predicted molar refractivity (Wildman–Crippen MR) is 97.4 cm³/mol. The number of β-amino-alcohol motifs (C(OH)–C–C–N with tert-alkyl or cyclic N) is 1. The number of halogens is 4. The summed E-state index contributed by atoms with van der Waals surface area (Å²) in [5.74, 6) is 0. The molecule has 0 saturated carbocycles. The van der Waals surface area contributed by atoms with Crippen molar-refractivity contribution in [1.82, 2.24) is 4.90 Å². The van der Waals surface area contributed by atoms with Gasteiger partial charge in [-0.1, -0.05) is 48.0 Å². The first-order valence-electron chi connectivity index (χ1n) is 8.74. The molecule has 0 amide bonds. The Kier molecular flexibility index (Phi) is 5.82. The van der Waals surface area contributed by atoms with Crippen LogP contribution in [0.25, 0.3) is 0 Å². The third-order valence-corrected chi connectivity index (χ3v) is 5.44. The lowest BCUT2D eigenvalue weighted by atomic mass is 9.83. The normalized spacial score (nSPS) is 19.0. The zero-order valence-corrected chi connectivity index (χ0v) is 15.3. The van der Waals surface area contributed by atoms with E-state index < -0.39 is 23.4 Å². The molecule has 1 unspecified atom stereocenters. The summed E-state index contributed by atoms with van der Waals surface area (Å²) in [6, 6.07) is 12.8. The van der Waals surface area contributed by atoms with Gasteiger partial charge in [0.1, 0.15) is 0 Å². The molecular weight excluding hydrogens is 379 g/mol. The van der Waals surface area contributed by atoms with E-state index in [1.807, 2.05) is 35.2 Å². The third kappa shape index (κ3) is 4.63. The molecule has 2 aromatic rings. The summed E-state index contributed by atoms with van der Waals surface area (Å²) in [5.41, 5.74) is -1.23. The maximum Gasteiger partial charge on any atom is 0.417 e. The maximum absolute atomic E-state index is 13.1. The van der Waals surface area contributed by atoms with Crippen LogP contribution < -0.4 is 0 Å². The molecule has 0 spiro atoms. The van der Waals surface area contributed by atoms with Gasteiger partial charge in [-0.25, -0.2) is 0 Å². The Balaban J connectivity index is 1.67. The molecule has 0 aromatic heterocycles. The van der Waals surface area contributed by atoms with E-state index in [1.165, 1.54) is 12.1 Å². The quantitative estimate of drug-likeness (QED) is 0.802. The fourth-order valence-electron chi connectivity index (χ4n) is 3.45. The minimum atomic E-state index is -4.57. The van der Waals surface area contributed by atoms with Gasteiger partial charge in [-0.3, -0.25) is 0 Å². The largest absolute Gasteiger partial charge is 0.417 e. The van der Waals surface area contributed by atoms with Crippen molar-refractivity contribution in [3.05, 3.63) is 70.2 Å². The van der Waals surface area contributed by atoms with Gasteiger partial charge in [0.05, 0.1) is 22.3 Å². The minimum Gasteiger partial charge on any atom is -0.387 e. The Labute approximate surface area is 161 Å². The number of likely N-dealkylation sites (tertiary alicyclic amines) is 1. The van der Waals surface area contributed by atoms with Crippen LogP contribution in [0.3, 0.4) is 0 Å². The molecule has 1 fully saturated rings. The van der Waals surface area contributed by atoms with Crippen molar-refractivity contribution < 1.29 is 23.4 Å². The van der Waals surface area contributed by atoms with Gasteiger partial charge in [0.25, 0.3) is 0 Å². The number of benzene rings is 2. The highest BCUT2D eigenvalue weighted by Crippen LogP contribution is 2.40. The van der Waals surface area contributed by atoms with Gasteiger partial charge in [0.2, 0.25) is 0 Å². The molecule has 0 radical (unpaired) electrons. The van der Waals surface area contributed by atoms with Gasteiger partial charge in [-0.05, 0) is 36.1 Å². The van der Waals surface area contributed by atoms with Crippen LogP contribution in [-0.4, -0.2) is 34.7 Å². The summed E-state index contributed by atoms with van der Waals surface area (Å²) in [6.45, 7) is 1.36. The number of piperidine rings is 1. The number of aliphatic hydroxyl groups excluding tert-OH is 1. The average Bonchev–Trinajstić information content (AvgIpc) is 2.64. The lowest BCUT2D eigenvalue weighted by Gasteiger charge is -2.39. The summed E-state index contributed by atoms with van der Waals surface area (Å²) >= 11 is 5.67. The zero-order chi connectivity index (χ0) is 19.7. The van der Waals surface area contributed by atoms with Crippen LogP contribution >= 0.6 is 11.6 Å². The summed E-state index contributed by atoms with van der Waals surface area (Å²) in [4.78, 5) is 2.01. The van der Waals surface area contributed by atoms with Crippen molar-refractivity contribution in [3.63, 3.8) is 0 Å². The molecule has 0 bridgehead atoms. The van der Waals surface area contributed by atoms with Crippen molar-refractivity contribution >= 4 is 11.6 Å². The number of rotatable bonds is 4. The standard InChI is InChI=1S/C20H21ClF3NO2/c21-17-7-6-15(12-16(17)20(22,23)24)19(27)8-10-25(11-9-19)13-18(26)14-4-2-1-3-5-14/h1-7,12,18,26-27H,8-11,13H2. The molecule has 3 nitrogen and oxygen atoms in total. The third-order valence-electron chi connectivity index (χ3n) is 5.11. The monoisotopic (exact) mass is 399 g/mol.